The standard InChI is InChI=1S/C11H8ClF3O3S/c12-9-3-5-10(6-4-9)19(16,17)18-8-2-1-7-11(13,14)15/h3-6H,2,8H2. The van der Waals surface area contributed by atoms with Gasteiger partial charge in [0.2, 0.25) is 0 Å². The van der Waals surface area contributed by atoms with Gasteiger partial charge in [-0.1, -0.05) is 17.5 Å². The fourth-order valence-corrected chi connectivity index (χ4v) is 2.07. The molecule has 0 aromatic heterocycles. The van der Waals surface area contributed by atoms with Gasteiger partial charge < -0.3 is 0 Å². The van der Waals surface area contributed by atoms with Crippen LogP contribution in [0.25, 0.3) is 0 Å². The molecule has 8 heteroatoms. The van der Waals surface area contributed by atoms with E-state index in [9.17, 15) is 21.6 Å². The summed E-state index contributed by atoms with van der Waals surface area (Å²) in [5.74, 6) is 2.79. The van der Waals surface area contributed by atoms with Gasteiger partial charge in [-0.25, -0.2) is 0 Å². The van der Waals surface area contributed by atoms with Crippen molar-refractivity contribution in [3.8, 4) is 11.8 Å². The van der Waals surface area contributed by atoms with Crippen molar-refractivity contribution in [1.82, 2.24) is 0 Å². The molecule has 0 saturated carbocycles. The highest BCUT2D eigenvalue weighted by Gasteiger charge is 2.22. The molecule has 0 aliphatic heterocycles. The summed E-state index contributed by atoms with van der Waals surface area (Å²) in [5, 5.41) is 0.356. The molecule has 1 aromatic rings. The Kier molecular flexibility index (Phi) is 5.23. The molecule has 3 nitrogen and oxygen atoms in total. The largest absolute Gasteiger partial charge is 0.457 e. The van der Waals surface area contributed by atoms with Crippen LogP contribution in [0.4, 0.5) is 13.2 Å². The van der Waals surface area contributed by atoms with E-state index in [1.807, 2.05) is 0 Å². The summed E-state index contributed by atoms with van der Waals surface area (Å²) in [6.45, 7) is -0.450. The van der Waals surface area contributed by atoms with Crippen LogP contribution in [0.2, 0.25) is 5.02 Å². The van der Waals surface area contributed by atoms with E-state index in [2.05, 4.69) is 4.18 Å². The lowest BCUT2D eigenvalue weighted by atomic mass is 10.4. The van der Waals surface area contributed by atoms with Crippen molar-refractivity contribution in [2.75, 3.05) is 6.61 Å². The zero-order valence-electron chi connectivity index (χ0n) is 9.37. The van der Waals surface area contributed by atoms with Crippen LogP contribution in [-0.2, 0) is 14.3 Å². The Morgan fingerprint density at radius 1 is 1.21 bits per heavy atom. The first kappa shape index (κ1) is 15.8. The molecular formula is C11H8ClF3O3S. The maximum absolute atomic E-state index is 11.7. The third kappa shape index (κ3) is 5.96. The van der Waals surface area contributed by atoms with Crippen LogP contribution >= 0.6 is 11.6 Å². The van der Waals surface area contributed by atoms with Gasteiger partial charge in [0.05, 0.1) is 11.5 Å². The summed E-state index contributed by atoms with van der Waals surface area (Å²) >= 11 is 5.59. The highest BCUT2D eigenvalue weighted by Crippen LogP contribution is 2.16. The summed E-state index contributed by atoms with van der Waals surface area (Å²) in [6, 6.07) is 5.20. The smallest absolute Gasteiger partial charge is 0.265 e. The molecule has 0 amide bonds. The molecule has 0 bridgehead atoms. The quantitative estimate of drug-likeness (QED) is 0.488. The lowest BCUT2D eigenvalue weighted by Crippen LogP contribution is -2.07. The van der Waals surface area contributed by atoms with E-state index in [1.165, 1.54) is 24.3 Å². The zero-order chi connectivity index (χ0) is 14.5. The second-order valence-corrected chi connectivity index (χ2v) is 5.33. The normalized spacial score (nSPS) is 11.8. The SMILES string of the molecule is O=S(=O)(OCCC#CC(F)(F)F)c1ccc(Cl)cc1. The molecule has 0 heterocycles. The maximum atomic E-state index is 11.7. The van der Waals surface area contributed by atoms with Gasteiger partial charge in [0, 0.05) is 17.4 Å². The zero-order valence-corrected chi connectivity index (χ0v) is 10.9. The minimum Gasteiger partial charge on any atom is -0.265 e. The van der Waals surface area contributed by atoms with Gasteiger partial charge in [-0.05, 0) is 24.3 Å². The van der Waals surface area contributed by atoms with Crippen molar-refractivity contribution < 1.29 is 25.8 Å². The minimum atomic E-state index is -4.59. The highest BCUT2D eigenvalue weighted by atomic mass is 35.5. The first-order valence-corrected chi connectivity index (χ1v) is 6.71. The van der Waals surface area contributed by atoms with E-state index in [1.54, 1.807) is 5.92 Å². The average molecular weight is 313 g/mol. The first-order chi connectivity index (χ1) is 8.71. The summed E-state index contributed by atoms with van der Waals surface area (Å²) in [6.07, 6.45) is -4.93. The molecule has 0 spiro atoms. The van der Waals surface area contributed by atoms with Crippen molar-refractivity contribution in [1.29, 1.82) is 0 Å². The summed E-state index contributed by atoms with van der Waals surface area (Å²) in [7, 11) is -4.00. The second-order valence-electron chi connectivity index (χ2n) is 3.28. The van der Waals surface area contributed by atoms with E-state index in [0.717, 1.165) is 5.92 Å². The molecule has 0 aliphatic carbocycles. The third-order valence-electron chi connectivity index (χ3n) is 1.80. The molecule has 0 unspecified atom stereocenters. The van der Waals surface area contributed by atoms with Crippen molar-refractivity contribution in [3.63, 3.8) is 0 Å². The monoisotopic (exact) mass is 312 g/mol. The van der Waals surface area contributed by atoms with Crippen LogP contribution in [0.15, 0.2) is 29.2 Å². The Morgan fingerprint density at radius 3 is 2.32 bits per heavy atom. The minimum absolute atomic E-state index is 0.124. The van der Waals surface area contributed by atoms with Crippen LogP contribution in [0.3, 0.4) is 0 Å². The fraction of sp³-hybridized carbons (Fsp3) is 0.273. The van der Waals surface area contributed by atoms with Gasteiger partial charge in [-0.3, -0.25) is 4.18 Å². The van der Waals surface area contributed by atoms with Gasteiger partial charge in [-0.15, -0.1) is 0 Å². The Bertz CT molecular complexity index is 582. The molecule has 1 aromatic carbocycles. The molecule has 0 N–H and O–H groups in total. The van der Waals surface area contributed by atoms with Crippen LogP contribution in [0, 0.1) is 11.8 Å². The van der Waals surface area contributed by atoms with E-state index in [-0.39, 0.29) is 11.3 Å². The lowest BCUT2D eigenvalue weighted by Gasteiger charge is -2.03. The lowest BCUT2D eigenvalue weighted by molar-refractivity contribution is -0.0697. The molecule has 19 heavy (non-hydrogen) atoms. The van der Waals surface area contributed by atoms with Gasteiger partial charge in [-0.2, -0.15) is 21.6 Å². The number of hydrogen-bond acceptors (Lipinski definition) is 3. The third-order valence-corrected chi connectivity index (χ3v) is 3.38. The summed E-state index contributed by atoms with van der Waals surface area (Å²) in [5.41, 5.74) is 0. The summed E-state index contributed by atoms with van der Waals surface area (Å²) < 4.78 is 62.7. The van der Waals surface area contributed by atoms with Gasteiger partial charge in [0.25, 0.3) is 10.1 Å². The van der Waals surface area contributed by atoms with E-state index >= 15 is 0 Å². The predicted octanol–water partition coefficient (Wildman–Crippen LogP) is 3.00. The number of alkyl halides is 3. The van der Waals surface area contributed by atoms with Gasteiger partial charge in [0.1, 0.15) is 0 Å². The number of hydrogen-bond donors (Lipinski definition) is 0. The van der Waals surface area contributed by atoms with Gasteiger partial charge in [0.15, 0.2) is 0 Å². The van der Waals surface area contributed by atoms with Gasteiger partial charge >= 0.3 is 6.18 Å². The van der Waals surface area contributed by atoms with E-state index in [0.29, 0.717) is 5.02 Å². The van der Waals surface area contributed by atoms with Crippen molar-refractivity contribution in [2.45, 2.75) is 17.5 Å². The Hall–Kier alpha value is -1.23. The topological polar surface area (TPSA) is 43.4 Å². The summed E-state index contributed by atoms with van der Waals surface area (Å²) in [4.78, 5) is -0.124. The Morgan fingerprint density at radius 2 is 1.79 bits per heavy atom. The molecule has 1 rings (SSSR count). The van der Waals surface area contributed by atoms with Crippen molar-refractivity contribution in [2.24, 2.45) is 0 Å². The van der Waals surface area contributed by atoms with Crippen LogP contribution < -0.4 is 0 Å². The molecule has 104 valence electrons. The van der Waals surface area contributed by atoms with Crippen LogP contribution in [-0.4, -0.2) is 21.2 Å². The van der Waals surface area contributed by atoms with Crippen LogP contribution in [0.1, 0.15) is 6.42 Å². The van der Waals surface area contributed by atoms with Crippen LogP contribution in [0.5, 0.6) is 0 Å². The number of halogens is 4. The maximum Gasteiger partial charge on any atom is 0.457 e. The van der Waals surface area contributed by atoms with Crippen molar-refractivity contribution >= 4 is 21.7 Å². The number of benzene rings is 1. The molecule has 0 aliphatic rings. The first-order valence-electron chi connectivity index (χ1n) is 4.92. The number of rotatable bonds is 4. The molecule has 0 radical (unpaired) electrons. The Labute approximate surface area is 113 Å². The molecular weight excluding hydrogens is 305 g/mol. The van der Waals surface area contributed by atoms with E-state index in [4.69, 9.17) is 11.6 Å². The second kappa shape index (κ2) is 6.28. The molecule has 0 saturated heterocycles. The predicted molar refractivity (Wildman–Crippen MR) is 63.0 cm³/mol. The molecule has 0 fully saturated rings. The van der Waals surface area contributed by atoms with Crippen molar-refractivity contribution in [3.05, 3.63) is 29.3 Å². The Balaban J connectivity index is 2.57. The highest BCUT2D eigenvalue weighted by molar-refractivity contribution is 7.86. The average Bonchev–Trinajstić information content (AvgIpc) is 2.27. The van der Waals surface area contributed by atoms with E-state index < -0.39 is 22.9 Å². The molecule has 0 atom stereocenters. The fourth-order valence-electron chi connectivity index (χ4n) is 1.03.